The molecule has 0 saturated carbocycles. The van der Waals surface area contributed by atoms with E-state index in [4.69, 9.17) is 4.42 Å². The second-order valence-electron chi connectivity index (χ2n) is 5.44. The first-order valence-corrected chi connectivity index (χ1v) is 8.85. The van der Waals surface area contributed by atoms with Crippen LogP contribution in [0.4, 0.5) is 4.39 Å². The van der Waals surface area contributed by atoms with Gasteiger partial charge in [0, 0.05) is 19.5 Å². The Balaban J connectivity index is 1.71. The maximum absolute atomic E-state index is 13.1. The van der Waals surface area contributed by atoms with Crippen LogP contribution in [0.1, 0.15) is 24.4 Å². The van der Waals surface area contributed by atoms with E-state index in [0.717, 1.165) is 11.8 Å². The highest BCUT2D eigenvalue weighted by Crippen LogP contribution is 2.25. The fraction of sp³-hybridized carbons (Fsp3) is 0.375. The minimum absolute atomic E-state index is 0.0797. The summed E-state index contributed by atoms with van der Waals surface area (Å²) in [4.78, 5) is 26.4. The van der Waals surface area contributed by atoms with E-state index in [0.29, 0.717) is 36.2 Å². The average molecular weight is 364 g/mol. The van der Waals surface area contributed by atoms with Gasteiger partial charge in [-0.3, -0.25) is 9.59 Å². The third-order valence-electron chi connectivity index (χ3n) is 3.79. The molecule has 2 amide bonds. The van der Waals surface area contributed by atoms with Crippen molar-refractivity contribution >= 4 is 23.6 Å². The Bertz CT molecular complexity index is 765. The lowest BCUT2D eigenvalue weighted by Crippen LogP contribution is -2.52. The zero-order valence-corrected chi connectivity index (χ0v) is 14.4. The van der Waals surface area contributed by atoms with Crippen LogP contribution in [0.3, 0.4) is 0 Å². The summed E-state index contributed by atoms with van der Waals surface area (Å²) in [6, 6.07) is 4.82. The number of aromatic nitrogens is 2. The molecule has 1 fully saturated rings. The number of benzene rings is 1. The summed E-state index contributed by atoms with van der Waals surface area (Å²) in [6.45, 7) is 2.66. The molecular weight excluding hydrogens is 347 g/mol. The Morgan fingerprint density at radius 3 is 2.84 bits per heavy atom. The predicted molar refractivity (Wildman–Crippen MR) is 88.3 cm³/mol. The van der Waals surface area contributed by atoms with Gasteiger partial charge in [0.05, 0.1) is 5.75 Å². The van der Waals surface area contributed by atoms with Gasteiger partial charge < -0.3 is 14.6 Å². The third kappa shape index (κ3) is 3.98. The van der Waals surface area contributed by atoms with Gasteiger partial charge in [-0.05, 0) is 17.7 Å². The molecule has 1 aliphatic rings. The highest BCUT2D eigenvalue weighted by Gasteiger charge is 2.34. The fourth-order valence-corrected chi connectivity index (χ4v) is 3.22. The molecular formula is C16H17FN4O3S. The van der Waals surface area contributed by atoms with Crippen molar-refractivity contribution in [1.29, 1.82) is 0 Å². The number of aryl methyl sites for hydroxylation is 1. The van der Waals surface area contributed by atoms with E-state index in [1.165, 1.54) is 29.2 Å². The summed E-state index contributed by atoms with van der Waals surface area (Å²) in [5.74, 6) is -0.295. The molecule has 0 radical (unpaired) electrons. The Morgan fingerprint density at radius 2 is 2.16 bits per heavy atom. The van der Waals surface area contributed by atoms with E-state index in [9.17, 15) is 14.0 Å². The first-order chi connectivity index (χ1) is 12.1. The number of hydrogen-bond acceptors (Lipinski definition) is 6. The molecule has 1 atom stereocenters. The van der Waals surface area contributed by atoms with Crippen molar-refractivity contribution in [3.63, 3.8) is 0 Å². The smallest absolute Gasteiger partial charge is 0.277 e. The van der Waals surface area contributed by atoms with Crippen molar-refractivity contribution < 1.29 is 18.4 Å². The van der Waals surface area contributed by atoms with E-state index >= 15 is 0 Å². The predicted octanol–water partition coefficient (Wildman–Crippen LogP) is 1.56. The Morgan fingerprint density at radius 1 is 1.40 bits per heavy atom. The second kappa shape index (κ2) is 7.64. The number of piperazine rings is 1. The molecule has 1 aliphatic heterocycles. The number of halogens is 1. The molecule has 1 N–H and O–H groups in total. The van der Waals surface area contributed by atoms with Crippen LogP contribution in [0.25, 0.3) is 0 Å². The summed E-state index contributed by atoms with van der Waals surface area (Å²) in [6.07, 6.45) is 0.625. The maximum atomic E-state index is 13.1. The minimum atomic E-state index is -0.767. The highest BCUT2D eigenvalue weighted by molar-refractivity contribution is 7.99. The first-order valence-electron chi connectivity index (χ1n) is 7.86. The lowest BCUT2D eigenvalue weighted by Gasteiger charge is -2.35. The van der Waals surface area contributed by atoms with E-state index in [-0.39, 0.29) is 17.6 Å². The molecule has 0 aliphatic carbocycles. The summed E-state index contributed by atoms with van der Waals surface area (Å²) in [5.41, 5.74) is 0.572. The number of amides is 2. The number of nitrogens with zero attached hydrogens (tertiary/aromatic N) is 3. The second-order valence-corrected chi connectivity index (χ2v) is 6.36. The number of carbonyl (C=O) groups is 2. The van der Waals surface area contributed by atoms with Gasteiger partial charge in [0.25, 0.3) is 5.22 Å². The number of carbonyl (C=O) groups excluding carboxylic acids is 2. The fourth-order valence-electron chi connectivity index (χ4n) is 2.56. The van der Waals surface area contributed by atoms with E-state index in [2.05, 4.69) is 15.5 Å². The number of thioether (sulfide) groups is 1. The summed E-state index contributed by atoms with van der Waals surface area (Å²) in [5, 5.41) is 10.8. The topological polar surface area (TPSA) is 88.3 Å². The van der Waals surface area contributed by atoms with Crippen LogP contribution in [0.2, 0.25) is 0 Å². The highest BCUT2D eigenvalue weighted by atomic mass is 32.2. The van der Waals surface area contributed by atoms with Gasteiger partial charge in [-0.1, -0.05) is 30.8 Å². The van der Waals surface area contributed by atoms with Gasteiger partial charge in [0.2, 0.25) is 17.7 Å². The Labute approximate surface area is 148 Å². The third-order valence-corrected chi connectivity index (χ3v) is 4.59. The number of nitrogens with one attached hydrogen (secondary N) is 1. The molecule has 0 spiro atoms. The molecule has 1 aromatic carbocycles. The maximum Gasteiger partial charge on any atom is 0.277 e. The van der Waals surface area contributed by atoms with Gasteiger partial charge >= 0.3 is 0 Å². The molecule has 1 aromatic heterocycles. The first kappa shape index (κ1) is 17.4. The molecule has 1 saturated heterocycles. The summed E-state index contributed by atoms with van der Waals surface area (Å²) >= 11 is 1.14. The monoisotopic (exact) mass is 364 g/mol. The van der Waals surface area contributed by atoms with E-state index in [1.807, 2.05) is 6.92 Å². The average Bonchev–Trinajstić information content (AvgIpc) is 3.08. The SMILES string of the molecule is CCc1nnc(SCC(=O)N2CCNC(=O)[C@@H]2c2ccc(F)cc2)o1. The zero-order valence-electron chi connectivity index (χ0n) is 13.6. The van der Waals surface area contributed by atoms with Crippen molar-refractivity contribution in [3.05, 3.63) is 41.5 Å². The molecule has 25 heavy (non-hydrogen) atoms. The zero-order chi connectivity index (χ0) is 17.8. The van der Waals surface area contributed by atoms with Crippen LogP contribution >= 0.6 is 11.8 Å². The minimum Gasteiger partial charge on any atom is -0.416 e. The molecule has 2 aromatic rings. The number of rotatable bonds is 5. The Kier molecular flexibility index (Phi) is 5.32. The van der Waals surface area contributed by atoms with Gasteiger partial charge in [0.1, 0.15) is 11.9 Å². The standard InChI is InChI=1S/C16H17FN4O3S/c1-2-12-19-20-16(24-12)25-9-13(22)21-8-7-18-15(23)14(21)10-3-5-11(17)6-4-10/h3-6,14H,2,7-9H2,1H3,(H,18,23)/t14-/m0/s1. The van der Waals surface area contributed by atoms with Crippen LogP contribution in [-0.2, 0) is 16.0 Å². The van der Waals surface area contributed by atoms with Gasteiger partial charge in [-0.2, -0.15) is 0 Å². The van der Waals surface area contributed by atoms with Crippen LogP contribution in [0, 0.1) is 5.82 Å². The van der Waals surface area contributed by atoms with Gasteiger partial charge in [-0.15, -0.1) is 10.2 Å². The van der Waals surface area contributed by atoms with Crippen LogP contribution in [0.15, 0.2) is 33.9 Å². The molecule has 3 rings (SSSR count). The summed E-state index contributed by atoms with van der Waals surface area (Å²) < 4.78 is 18.5. The quantitative estimate of drug-likeness (QED) is 0.810. The molecule has 2 heterocycles. The normalized spacial score (nSPS) is 17.4. The van der Waals surface area contributed by atoms with Crippen LogP contribution < -0.4 is 5.32 Å². The van der Waals surface area contributed by atoms with E-state index < -0.39 is 11.9 Å². The van der Waals surface area contributed by atoms with Crippen molar-refractivity contribution in [2.24, 2.45) is 0 Å². The molecule has 0 bridgehead atoms. The largest absolute Gasteiger partial charge is 0.416 e. The van der Waals surface area contributed by atoms with E-state index in [1.54, 1.807) is 0 Å². The number of hydrogen-bond donors (Lipinski definition) is 1. The van der Waals surface area contributed by atoms with Gasteiger partial charge in [0.15, 0.2) is 0 Å². The molecule has 7 nitrogen and oxygen atoms in total. The van der Waals surface area contributed by atoms with Crippen molar-refractivity contribution in [3.8, 4) is 0 Å². The lowest BCUT2D eigenvalue weighted by atomic mass is 10.0. The van der Waals surface area contributed by atoms with Gasteiger partial charge in [-0.25, -0.2) is 4.39 Å². The van der Waals surface area contributed by atoms with Crippen molar-refractivity contribution in [2.75, 3.05) is 18.8 Å². The summed E-state index contributed by atoms with van der Waals surface area (Å²) in [7, 11) is 0. The lowest BCUT2D eigenvalue weighted by molar-refractivity contribution is -0.141. The molecule has 132 valence electrons. The molecule has 9 heteroatoms. The Hall–Kier alpha value is -2.42. The van der Waals surface area contributed by atoms with Crippen molar-refractivity contribution in [2.45, 2.75) is 24.6 Å². The van der Waals surface area contributed by atoms with Crippen molar-refractivity contribution in [1.82, 2.24) is 20.4 Å². The van der Waals surface area contributed by atoms with Crippen LogP contribution in [0.5, 0.6) is 0 Å². The van der Waals surface area contributed by atoms with Crippen LogP contribution in [-0.4, -0.2) is 45.8 Å². The molecule has 0 unspecified atom stereocenters.